The molecule has 34 heavy (non-hydrogen) atoms. The molecule has 5 rings (SSSR count). The van der Waals surface area contributed by atoms with Gasteiger partial charge in [-0.25, -0.2) is 15.0 Å². The molecule has 9 heteroatoms. The van der Waals surface area contributed by atoms with E-state index in [1.54, 1.807) is 42.7 Å². The van der Waals surface area contributed by atoms with Gasteiger partial charge in [-0.2, -0.15) is 13.2 Å². The van der Waals surface area contributed by atoms with Crippen molar-refractivity contribution >= 4 is 5.91 Å². The third kappa shape index (κ3) is 4.38. The summed E-state index contributed by atoms with van der Waals surface area (Å²) in [5.74, 6) is 0.0461. The molecule has 0 spiro atoms. The molecule has 2 aromatic carbocycles. The number of nitrogens with zero attached hydrogens (tertiary/aromatic N) is 4. The number of alkyl halides is 3. The van der Waals surface area contributed by atoms with Crippen molar-refractivity contribution in [3.8, 4) is 22.6 Å². The lowest BCUT2D eigenvalue weighted by Crippen LogP contribution is -2.35. The largest absolute Gasteiger partial charge is 0.416 e. The van der Waals surface area contributed by atoms with Gasteiger partial charge in [-0.15, -0.1) is 0 Å². The van der Waals surface area contributed by atoms with Gasteiger partial charge in [-0.05, 0) is 42.0 Å². The van der Waals surface area contributed by atoms with Gasteiger partial charge in [0, 0.05) is 29.1 Å². The van der Waals surface area contributed by atoms with Gasteiger partial charge in [0.05, 0.1) is 23.5 Å². The number of benzene rings is 2. The number of hydrogen-bond acceptors (Lipinski definition) is 5. The smallest absolute Gasteiger partial charge is 0.267 e. The van der Waals surface area contributed by atoms with Crippen LogP contribution in [-0.4, -0.2) is 25.9 Å². The lowest BCUT2D eigenvalue weighted by molar-refractivity contribution is -0.147. The molecule has 3 heterocycles. The van der Waals surface area contributed by atoms with Gasteiger partial charge in [0.2, 0.25) is 0 Å². The Kier molecular flexibility index (Phi) is 5.54. The first-order valence-electron chi connectivity index (χ1n) is 10.4. The van der Waals surface area contributed by atoms with Crippen LogP contribution in [0.15, 0.2) is 79.1 Å². The first kappa shape index (κ1) is 21.7. The summed E-state index contributed by atoms with van der Waals surface area (Å²) in [7, 11) is 0. The van der Waals surface area contributed by atoms with Crippen LogP contribution in [0.3, 0.4) is 0 Å². The second-order valence-corrected chi connectivity index (χ2v) is 7.66. The van der Waals surface area contributed by atoms with E-state index in [-0.39, 0.29) is 19.1 Å². The predicted octanol–water partition coefficient (Wildman–Crippen LogP) is 5.31. The maximum absolute atomic E-state index is 13.0. The van der Waals surface area contributed by atoms with E-state index >= 15 is 0 Å². The Bertz CT molecular complexity index is 1340. The van der Waals surface area contributed by atoms with Gasteiger partial charge in [-0.1, -0.05) is 30.3 Å². The van der Waals surface area contributed by atoms with Crippen molar-refractivity contribution in [2.24, 2.45) is 0 Å². The van der Waals surface area contributed by atoms with Crippen molar-refractivity contribution < 1.29 is 22.8 Å². The van der Waals surface area contributed by atoms with Crippen LogP contribution in [0.4, 0.5) is 13.2 Å². The number of pyridine rings is 1. The minimum absolute atomic E-state index is 0.0383. The Labute approximate surface area is 192 Å². The molecule has 2 aromatic heterocycles. The summed E-state index contributed by atoms with van der Waals surface area (Å²) in [4.78, 5) is 31.7. The van der Waals surface area contributed by atoms with Crippen LogP contribution in [0, 0.1) is 0 Å². The van der Waals surface area contributed by atoms with Gasteiger partial charge >= 0.3 is 6.18 Å². The molecule has 170 valence electrons. The second kappa shape index (κ2) is 8.68. The first-order valence-corrected chi connectivity index (χ1v) is 10.4. The Morgan fingerprint density at radius 3 is 2.47 bits per heavy atom. The van der Waals surface area contributed by atoms with Crippen molar-refractivity contribution in [3.05, 3.63) is 102 Å². The highest BCUT2D eigenvalue weighted by atomic mass is 19.4. The van der Waals surface area contributed by atoms with Crippen molar-refractivity contribution in [3.63, 3.8) is 0 Å². The molecule has 0 fully saturated rings. The van der Waals surface area contributed by atoms with Crippen LogP contribution < -0.4 is 0 Å². The summed E-state index contributed by atoms with van der Waals surface area (Å²) in [5.41, 5.74) is 2.61. The highest BCUT2D eigenvalue weighted by molar-refractivity contribution is 5.95. The molecule has 4 aromatic rings. The highest BCUT2D eigenvalue weighted by Gasteiger charge is 2.30. The van der Waals surface area contributed by atoms with Gasteiger partial charge in [0.1, 0.15) is 6.61 Å². The van der Waals surface area contributed by atoms with Crippen LogP contribution in [0.25, 0.3) is 22.6 Å². The van der Waals surface area contributed by atoms with E-state index in [0.717, 1.165) is 17.7 Å². The van der Waals surface area contributed by atoms with Crippen LogP contribution in [0.2, 0.25) is 0 Å². The number of hydrogen-bond donors (Lipinski definition) is 0. The molecule has 1 aliphatic rings. The molecule has 0 unspecified atom stereocenters. The third-order valence-corrected chi connectivity index (χ3v) is 5.36. The van der Waals surface area contributed by atoms with E-state index in [1.165, 1.54) is 17.2 Å². The number of carbonyl (C=O) groups excluding carboxylic acids is 1. The molecule has 0 radical (unpaired) electrons. The van der Waals surface area contributed by atoms with Gasteiger partial charge < -0.3 is 0 Å². The number of halogens is 3. The van der Waals surface area contributed by atoms with E-state index in [2.05, 4.69) is 15.0 Å². The summed E-state index contributed by atoms with van der Waals surface area (Å²) in [6.45, 7) is 0.283. The van der Waals surface area contributed by atoms with Crippen molar-refractivity contribution in [1.82, 2.24) is 20.0 Å². The van der Waals surface area contributed by atoms with Gasteiger partial charge in [0.25, 0.3) is 5.91 Å². The quantitative estimate of drug-likeness (QED) is 0.411. The van der Waals surface area contributed by atoms with E-state index in [1.807, 2.05) is 12.1 Å². The Balaban J connectivity index is 1.52. The SMILES string of the molecule is O=C1c2ccccc2CON1Cc1cc(-c2ccc(C(F)(F)F)cc2)nc(-c2cccnc2)n1. The summed E-state index contributed by atoms with van der Waals surface area (Å²) in [6.07, 6.45) is -1.23. The molecule has 1 aliphatic heterocycles. The van der Waals surface area contributed by atoms with Gasteiger partial charge in [0.15, 0.2) is 5.82 Å². The third-order valence-electron chi connectivity index (χ3n) is 5.36. The summed E-state index contributed by atoms with van der Waals surface area (Å²) in [5, 5.41) is 1.23. The topological polar surface area (TPSA) is 68.2 Å². The number of carbonyl (C=O) groups is 1. The standard InChI is InChI=1S/C25H17F3N4O2/c26-25(27,28)19-9-7-16(8-10-19)22-12-20(30-23(31-22)17-5-3-11-29-13-17)14-32-24(33)21-6-2-1-4-18(21)15-34-32/h1-13H,14-15H2. The predicted molar refractivity (Wildman–Crippen MR) is 117 cm³/mol. The summed E-state index contributed by atoms with van der Waals surface area (Å²) >= 11 is 0. The number of fused-ring (bicyclic) bond motifs is 1. The van der Waals surface area contributed by atoms with Crippen molar-refractivity contribution in [2.45, 2.75) is 19.3 Å². The number of rotatable bonds is 4. The van der Waals surface area contributed by atoms with Crippen LogP contribution >= 0.6 is 0 Å². The Hall–Kier alpha value is -4.11. The van der Waals surface area contributed by atoms with E-state index < -0.39 is 11.7 Å². The fourth-order valence-electron chi connectivity index (χ4n) is 3.64. The molecular formula is C25H17F3N4O2. The van der Waals surface area contributed by atoms with Crippen LogP contribution in [0.1, 0.15) is 27.2 Å². The second-order valence-electron chi connectivity index (χ2n) is 7.66. The molecule has 0 atom stereocenters. The van der Waals surface area contributed by atoms with Gasteiger partial charge in [-0.3, -0.25) is 14.6 Å². The molecule has 0 N–H and O–H groups in total. The lowest BCUT2D eigenvalue weighted by atomic mass is 10.1. The Morgan fingerprint density at radius 1 is 0.941 bits per heavy atom. The highest BCUT2D eigenvalue weighted by Crippen LogP contribution is 2.31. The van der Waals surface area contributed by atoms with Crippen LogP contribution in [-0.2, 0) is 24.2 Å². The fourth-order valence-corrected chi connectivity index (χ4v) is 3.64. The minimum atomic E-state index is -4.43. The normalized spacial score (nSPS) is 13.6. The molecule has 0 bridgehead atoms. The maximum atomic E-state index is 13.0. The average Bonchev–Trinajstić information content (AvgIpc) is 2.86. The zero-order chi connectivity index (χ0) is 23.7. The minimum Gasteiger partial charge on any atom is -0.267 e. The van der Waals surface area contributed by atoms with Crippen molar-refractivity contribution in [2.75, 3.05) is 0 Å². The fraction of sp³-hybridized carbons (Fsp3) is 0.120. The lowest BCUT2D eigenvalue weighted by Gasteiger charge is -2.27. The molecule has 6 nitrogen and oxygen atoms in total. The van der Waals surface area contributed by atoms with Crippen molar-refractivity contribution in [1.29, 1.82) is 0 Å². The van der Waals surface area contributed by atoms with E-state index in [0.29, 0.717) is 33.9 Å². The zero-order valence-electron chi connectivity index (χ0n) is 17.7. The molecule has 0 aliphatic carbocycles. The number of aromatic nitrogens is 3. The summed E-state index contributed by atoms with van der Waals surface area (Å²) < 4.78 is 39.0. The zero-order valence-corrected chi connectivity index (χ0v) is 17.7. The maximum Gasteiger partial charge on any atom is 0.416 e. The molecular weight excluding hydrogens is 445 g/mol. The monoisotopic (exact) mass is 462 g/mol. The van der Waals surface area contributed by atoms with Crippen LogP contribution in [0.5, 0.6) is 0 Å². The number of hydroxylamine groups is 2. The van der Waals surface area contributed by atoms with E-state index in [9.17, 15) is 18.0 Å². The number of amides is 1. The first-order chi connectivity index (χ1) is 16.4. The Morgan fingerprint density at radius 2 is 1.74 bits per heavy atom. The molecule has 0 saturated carbocycles. The molecule has 1 amide bonds. The molecule has 0 saturated heterocycles. The summed E-state index contributed by atoms with van der Waals surface area (Å²) in [6, 6.07) is 17.1. The average molecular weight is 462 g/mol. The van der Waals surface area contributed by atoms with E-state index in [4.69, 9.17) is 4.84 Å².